The minimum atomic E-state index is -0.650. The maximum absolute atomic E-state index is 13.4. The van der Waals surface area contributed by atoms with Gasteiger partial charge < -0.3 is 10.4 Å². The summed E-state index contributed by atoms with van der Waals surface area (Å²) in [5.41, 5.74) is -0.0376. The molecule has 0 spiro atoms. The van der Waals surface area contributed by atoms with Crippen molar-refractivity contribution in [2.24, 2.45) is 5.92 Å². The fourth-order valence-electron chi connectivity index (χ4n) is 2.16. The van der Waals surface area contributed by atoms with Gasteiger partial charge in [-0.2, -0.15) is 0 Å². The Kier molecular flexibility index (Phi) is 4.29. The van der Waals surface area contributed by atoms with Crippen molar-refractivity contribution in [3.63, 3.8) is 0 Å². The van der Waals surface area contributed by atoms with Crippen LogP contribution in [0.15, 0.2) is 16.9 Å². The average Bonchev–Trinajstić information content (AvgIpc) is 2.75. The van der Waals surface area contributed by atoms with Crippen LogP contribution in [0.5, 0.6) is 0 Å². The highest BCUT2D eigenvalue weighted by Crippen LogP contribution is 2.24. The van der Waals surface area contributed by atoms with Crippen molar-refractivity contribution in [1.29, 1.82) is 0 Å². The molecule has 0 radical (unpaired) electrons. The van der Waals surface area contributed by atoms with E-state index in [-0.39, 0.29) is 17.6 Å². The lowest BCUT2D eigenvalue weighted by molar-refractivity contribution is 0.0912. The minimum Gasteiger partial charge on any atom is -0.393 e. The summed E-state index contributed by atoms with van der Waals surface area (Å²) in [5, 5.41) is 12.3. The summed E-state index contributed by atoms with van der Waals surface area (Å²) in [5.74, 6) is -1.06. The number of amides is 1. The molecule has 2 rings (SSSR count). The van der Waals surface area contributed by atoms with E-state index in [9.17, 15) is 14.3 Å². The fraction of sp³-hybridized carbons (Fsp3) is 0.500. The van der Waals surface area contributed by atoms with Gasteiger partial charge >= 0.3 is 0 Å². The van der Waals surface area contributed by atoms with Crippen molar-refractivity contribution in [3.05, 3.63) is 28.2 Å². The lowest BCUT2D eigenvalue weighted by Crippen LogP contribution is -2.32. The highest BCUT2D eigenvalue weighted by atomic mass is 79.9. The van der Waals surface area contributed by atoms with E-state index in [1.165, 1.54) is 6.07 Å². The standard InChI is InChI=1S/C12H14BrFN2O2/c13-11-4-8(9(14)6-15-11)12(18)16-5-7-2-1-3-10(7)17/h4,6-7,10,17H,1-3,5H2,(H,16,18). The van der Waals surface area contributed by atoms with E-state index >= 15 is 0 Å². The summed E-state index contributed by atoms with van der Waals surface area (Å²) >= 11 is 3.09. The molecule has 4 nitrogen and oxygen atoms in total. The van der Waals surface area contributed by atoms with Gasteiger partial charge in [0.05, 0.1) is 17.9 Å². The third kappa shape index (κ3) is 3.05. The van der Waals surface area contributed by atoms with Crippen molar-refractivity contribution in [2.75, 3.05) is 6.54 Å². The first-order chi connectivity index (χ1) is 8.58. The summed E-state index contributed by atoms with van der Waals surface area (Å²) < 4.78 is 13.8. The number of pyridine rings is 1. The molecular weight excluding hydrogens is 303 g/mol. The van der Waals surface area contributed by atoms with Crippen LogP contribution < -0.4 is 5.32 Å². The predicted octanol–water partition coefficient (Wildman–Crippen LogP) is 1.87. The van der Waals surface area contributed by atoms with Crippen LogP contribution in [0.2, 0.25) is 0 Å². The number of nitrogens with one attached hydrogen (secondary N) is 1. The van der Waals surface area contributed by atoms with Crippen LogP contribution in [0.3, 0.4) is 0 Å². The molecule has 1 aliphatic rings. The molecule has 0 aromatic carbocycles. The Morgan fingerprint density at radius 3 is 3.06 bits per heavy atom. The van der Waals surface area contributed by atoms with E-state index < -0.39 is 11.7 Å². The van der Waals surface area contributed by atoms with Crippen molar-refractivity contribution in [3.8, 4) is 0 Å². The minimum absolute atomic E-state index is 0.0376. The zero-order chi connectivity index (χ0) is 13.1. The number of aromatic nitrogens is 1. The Morgan fingerprint density at radius 1 is 1.61 bits per heavy atom. The number of aliphatic hydroxyl groups is 1. The van der Waals surface area contributed by atoms with Gasteiger partial charge in [0.1, 0.15) is 4.60 Å². The molecule has 98 valence electrons. The van der Waals surface area contributed by atoms with Crippen LogP contribution in [0.4, 0.5) is 4.39 Å². The Labute approximate surface area is 113 Å². The quantitative estimate of drug-likeness (QED) is 0.837. The van der Waals surface area contributed by atoms with Gasteiger partial charge in [-0.05, 0) is 34.8 Å². The van der Waals surface area contributed by atoms with E-state index in [1.807, 2.05) is 0 Å². The van der Waals surface area contributed by atoms with Gasteiger partial charge in [-0.1, -0.05) is 6.42 Å². The van der Waals surface area contributed by atoms with Gasteiger partial charge in [0.15, 0.2) is 5.82 Å². The number of rotatable bonds is 3. The number of carbonyl (C=O) groups is 1. The molecule has 6 heteroatoms. The van der Waals surface area contributed by atoms with E-state index in [2.05, 4.69) is 26.2 Å². The summed E-state index contributed by atoms with van der Waals surface area (Å²) in [6, 6.07) is 1.34. The van der Waals surface area contributed by atoms with Gasteiger partial charge in [0.25, 0.3) is 5.91 Å². The third-order valence-corrected chi connectivity index (χ3v) is 3.64. The van der Waals surface area contributed by atoms with E-state index in [0.717, 1.165) is 25.5 Å². The lowest BCUT2D eigenvalue weighted by Gasteiger charge is -2.15. The van der Waals surface area contributed by atoms with Crippen molar-refractivity contribution in [2.45, 2.75) is 25.4 Å². The van der Waals surface area contributed by atoms with Crippen LogP contribution in [-0.4, -0.2) is 28.6 Å². The summed E-state index contributed by atoms with van der Waals surface area (Å²) in [6.45, 7) is 0.374. The SMILES string of the molecule is O=C(NCC1CCCC1O)c1cc(Br)ncc1F. The lowest BCUT2D eigenvalue weighted by atomic mass is 10.1. The predicted molar refractivity (Wildman–Crippen MR) is 67.6 cm³/mol. The topological polar surface area (TPSA) is 62.2 Å². The molecule has 18 heavy (non-hydrogen) atoms. The normalized spacial score (nSPS) is 23.1. The smallest absolute Gasteiger partial charge is 0.254 e. The zero-order valence-electron chi connectivity index (χ0n) is 9.70. The number of aliphatic hydroxyl groups excluding tert-OH is 1. The van der Waals surface area contributed by atoms with Gasteiger partial charge in [0.2, 0.25) is 0 Å². The fourth-order valence-corrected chi connectivity index (χ4v) is 2.49. The van der Waals surface area contributed by atoms with Crippen molar-refractivity contribution < 1.29 is 14.3 Å². The molecular formula is C12H14BrFN2O2. The van der Waals surface area contributed by atoms with Gasteiger partial charge in [0, 0.05) is 12.5 Å². The average molecular weight is 317 g/mol. The molecule has 2 atom stereocenters. The number of hydrogen-bond donors (Lipinski definition) is 2. The van der Waals surface area contributed by atoms with Crippen LogP contribution in [0.1, 0.15) is 29.6 Å². The van der Waals surface area contributed by atoms with Crippen LogP contribution in [0, 0.1) is 11.7 Å². The van der Waals surface area contributed by atoms with E-state index in [0.29, 0.717) is 11.1 Å². The summed E-state index contributed by atoms with van der Waals surface area (Å²) in [4.78, 5) is 15.5. The first-order valence-electron chi connectivity index (χ1n) is 5.85. The molecule has 1 aromatic heterocycles. The Hall–Kier alpha value is -1.01. The summed E-state index contributed by atoms with van der Waals surface area (Å²) in [6.07, 6.45) is 3.28. The Balaban J connectivity index is 1.97. The second-order valence-electron chi connectivity index (χ2n) is 4.46. The summed E-state index contributed by atoms with van der Waals surface area (Å²) in [7, 11) is 0. The molecule has 1 aromatic rings. The van der Waals surface area contributed by atoms with Crippen LogP contribution in [0.25, 0.3) is 0 Å². The molecule has 1 heterocycles. The highest BCUT2D eigenvalue weighted by Gasteiger charge is 2.25. The number of hydrogen-bond acceptors (Lipinski definition) is 3. The molecule has 1 saturated carbocycles. The molecule has 1 fully saturated rings. The molecule has 0 bridgehead atoms. The Bertz CT molecular complexity index is 456. The zero-order valence-corrected chi connectivity index (χ0v) is 11.3. The number of carbonyl (C=O) groups excluding carboxylic acids is 1. The van der Waals surface area contributed by atoms with Gasteiger partial charge in [-0.15, -0.1) is 0 Å². The van der Waals surface area contributed by atoms with E-state index in [4.69, 9.17) is 0 Å². The van der Waals surface area contributed by atoms with Gasteiger partial charge in [-0.3, -0.25) is 4.79 Å². The molecule has 2 unspecified atom stereocenters. The first-order valence-corrected chi connectivity index (χ1v) is 6.64. The highest BCUT2D eigenvalue weighted by molar-refractivity contribution is 9.10. The molecule has 0 aliphatic heterocycles. The van der Waals surface area contributed by atoms with Crippen molar-refractivity contribution in [1.82, 2.24) is 10.3 Å². The van der Waals surface area contributed by atoms with Crippen LogP contribution in [-0.2, 0) is 0 Å². The largest absolute Gasteiger partial charge is 0.393 e. The maximum atomic E-state index is 13.4. The Morgan fingerprint density at radius 2 is 2.39 bits per heavy atom. The second kappa shape index (κ2) is 5.75. The second-order valence-corrected chi connectivity index (χ2v) is 5.27. The number of halogens is 2. The molecule has 1 aliphatic carbocycles. The first kappa shape index (κ1) is 13.4. The maximum Gasteiger partial charge on any atom is 0.254 e. The van der Waals surface area contributed by atoms with E-state index in [1.54, 1.807) is 0 Å². The monoisotopic (exact) mass is 316 g/mol. The van der Waals surface area contributed by atoms with Crippen molar-refractivity contribution >= 4 is 21.8 Å². The number of nitrogens with zero attached hydrogens (tertiary/aromatic N) is 1. The third-order valence-electron chi connectivity index (χ3n) is 3.21. The van der Waals surface area contributed by atoms with Crippen LogP contribution >= 0.6 is 15.9 Å². The molecule has 2 N–H and O–H groups in total. The van der Waals surface area contributed by atoms with Gasteiger partial charge in [-0.25, -0.2) is 9.37 Å². The molecule has 1 amide bonds. The molecule has 0 saturated heterocycles.